The first-order valence-electron chi connectivity index (χ1n) is 9.82. The summed E-state index contributed by atoms with van der Waals surface area (Å²) in [5.74, 6) is -57.2. The maximum Gasteiger partial charge on any atom is 0.460 e. The van der Waals surface area contributed by atoms with Gasteiger partial charge >= 0.3 is 53.7 Å². The Kier molecular flexibility index (Phi) is 9.93. The van der Waals surface area contributed by atoms with Crippen molar-refractivity contribution in [3.05, 3.63) is 0 Å². The molecule has 23 heteroatoms. The van der Waals surface area contributed by atoms with Crippen LogP contribution in [0.1, 0.15) is 33.6 Å². The van der Waals surface area contributed by atoms with Gasteiger partial charge in [-0.25, -0.2) is 10.2 Å². The van der Waals surface area contributed by atoms with Gasteiger partial charge in [0, 0.05) is 6.42 Å². The molecule has 0 heterocycles. The van der Waals surface area contributed by atoms with E-state index in [4.69, 9.17) is 0 Å². The van der Waals surface area contributed by atoms with Crippen molar-refractivity contribution in [3.8, 4) is 0 Å². The molecule has 0 radical (unpaired) electrons. The number of ether oxygens (including phenoxy) is 1. The molecule has 0 aliphatic heterocycles. The molecule has 0 spiro atoms. The molecule has 2 amide bonds. The number of nitrogens with one attached hydrogen (secondary N) is 2. The third-order valence-electron chi connectivity index (χ3n) is 4.99. The van der Waals surface area contributed by atoms with Crippen LogP contribution in [0.2, 0.25) is 0 Å². The number of hydrogen-bond acceptors (Lipinski definition) is 4. The van der Waals surface area contributed by atoms with Gasteiger partial charge in [0.05, 0.1) is 0 Å². The van der Waals surface area contributed by atoms with Gasteiger partial charge in [-0.2, -0.15) is 74.6 Å². The van der Waals surface area contributed by atoms with Crippen LogP contribution in [0.5, 0.6) is 0 Å². The van der Waals surface area contributed by atoms with Crippen LogP contribution in [0.15, 0.2) is 0 Å². The van der Waals surface area contributed by atoms with E-state index < -0.39 is 84.2 Å². The third-order valence-corrected chi connectivity index (χ3v) is 4.99. The molecule has 0 bridgehead atoms. The Labute approximate surface area is 211 Å². The summed E-state index contributed by atoms with van der Waals surface area (Å²) in [5, 5.41) is 10.2. The summed E-state index contributed by atoms with van der Waals surface area (Å²) in [6.45, 7) is 2.96. The van der Waals surface area contributed by atoms with Crippen LogP contribution in [-0.2, 0) is 4.74 Å². The van der Waals surface area contributed by atoms with Gasteiger partial charge in [-0.05, 0) is 11.8 Å². The average Bonchev–Trinajstić information content (AvgIpc) is 2.72. The fourth-order valence-corrected chi connectivity index (χ4v) is 2.60. The Balaban J connectivity index is 6.39. The number of hydrogen-bond donors (Lipinski definition) is 2. The summed E-state index contributed by atoms with van der Waals surface area (Å²) in [5.41, 5.74) is 0.597. The van der Waals surface area contributed by atoms with E-state index >= 15 is 0 Å². The Morgan fingerprint density at radius 3 is 1.30 bits per heavy atom. The van der Waals surface area contributed by atoms with Crippen molar-refractivity contribution in [3.63, 3.8) is 0 Å². The zero-order chi connectivity index (χ0) is 32.8. The highest BCUT2D eigenvalue weighted by molar-refractivity contribution is 5.71. The molecule has 6 nitrogen and oxygen atoms in total. The van der Waals surface area contributed by atoms with Gasteiger partial charge in [0.25, 0.3) is 0 Å². The topological polar surface area (TPSA) is 90.5 Å². The zero-order valence-electron chi connectivity index (χ0n) is 19.5. The first-order valence-corrected chi connectivity index (χ1v) is 9.82. The molecule has 238 valence electrons. The van der Waals surface area contributed by atoms with E-state index in [0.717, 1.165) is 26.2 Å². The molecule has 0 aromatic heterocycles. The first-order chi connectivity index (χ1) is 17.2. The maximum atomic E-state index is 14.1. The molecule has 0 aliphatic carbocycles. The fourth-order valence-electron chi connectivity index (χ4n) is 2.60. The van der Waals surface area contributed by atoms with Crippen molar-refractivity contribution >= 4 is 12.2 Å². The van der Waals surface area contributed by atoms with Crippen LogP contribution in [0.4, 0.5) is 84.2 Å². The molecule has 1 atom stereocenters. The molecule has 40 heavy (non-hydrogen) atoms. The van der Waals surface area contributed by atoms with Gasteiger partial charge in [-0.1, -0.05) is 20.8 Å². The summed E-state index contributed by atoms with van der Waals surface area (Å²) in [6.07, 6.45) is -18.6. The lowest BCUT2D eigenvalue weighted by molar-refractivity contribution is -0.461. The summed E-state index contributed by atoms with van der Waals surface area (Å²) in [7, 11) is 0. The average molecular weight is 635 g/mol. The molecular formula is C17H16F17N2O4-. The minimum Gasteiger partial charge on any atom is -0.529 e. The Hall–Kier alpha value is -2.65. The molecule has 0 saturated heterocycles. The van der Waals surface area contributed by atoms with E-state index in [-0.39, 0.29) is 0 Å². The van der Waals surface area contributed by atoms with Crippen molar-refractivity contribution in [1.29, 1.82) is 0 Å². The number of halogens is 17. The van der Waals surface area contributed by atoms with E-state index in [2.05, 4.69) is 4.74 Å². The predicted octanol–water partition coefficient (Wildman–Crippen LogP) is 5.76. The second kappa shape index (κ2) is 10.6. The van der Waals surface area contributed by atoms with E-state index in [1.807, 2.05) is 0 Å². The molecular weight excluding hydrogens is 619 g/mol. The smallest absolute Gasteiger partial charge is 0.460 e. The second-order valence-corrected chi connectivity index (χ2v) is 8.98. The van der Waals surface area contributed by atoms with Crippen LogP contribution < -0.4 is 16.0 Å². The first kappa shape index (κ1) is 37.4. The predicted molar refractivity (Wildman–Crippen MR) is 91.3 cm³/mol. The van der Waals surface area contributed by atoms with Crippen molar-refractivity contribution in [2.75, 3.05) is 0 Å². The standard InChI is InChI=1S/C17H17F17N2O4/c1-9(2,3)6(40-8(39)36-35-7(37)38)4-5-10(18,19)11(20,21)12(22,23)13(24,25)14(26,27)15(28,29)16(30,31)17(32,33)34/h6,35H,4-5H2,1-3H3,(H,36,39)(H,37,38)/p-1. The highest BCUT2D eigenvalue weighted by atomic mass is 19.4. The van der Waals surface area contributed by atoms with Gasteiger partial charge < -0.3 is 14.6 Å². The maximum absolute atomic E-state index is 14.1. The van der Waals surface area contributed by atoms with Crippen molar-refractivity contribution in [2.24, 2.45) is 5.41 Å². The van der Waals surface area contributed by atoms with Crippen LogP contribution in [-0.4, -0.2) is 65.9 Å². The quantitative estimate of drug-likeness (QED) is 0.236. The minimum atomic E-state index is -8.73. The largest absolute Gasteiger partial charge is 0.529 e. The molecule has 1 unspecified atom stereocenters. The third kappa shape index (κ3) is 6.30. The van der Waals surface area contributed by atoms with E-state index in [9.17, 15) is 89.3 Å². The van der Waals surface area contributed by atoms with Gasteiger partial charge in [0.15, 0.2) is 6.09 Å². The Morgan fingerprint density at radius 2 is 0.975 bits per heavy atom. The molecule has 0 aromatic carbocycles. The Morgan fingerprint density at radius 1 is 0.625 bits per heavy atom. The number of carboxylic acid groups (broad SMARTS) is 1. The van der Waals surface area contributed by atoms with Crippen LogP contribution in [0, 0.1) is 5.41 Å². The normalized spacial score (nSPS) is 15.9. The van der Waals surface area contributed by atoms with Gasteiger partial charge in [-0.3, -0.25) is 5.43 Å². The summed E-state index contributed by atoms with van der Waals surface area (Å²) >= 11 is 0. The van der Waals surface area contributed by atoms with Gasteiger partial charge in [-0.15, -0.1) is 0 Å². The number of amides is 2. The fraction of sp³-hybridized carbons (Fsp3) is 0.882. The van der Waals surface area contributed by atoms with Crippen LogP contribution in [0.3, 0.4) is 0 Å². The van der Waals surface area contributed by atoms with Crippen molar-refractivity contribution in [1.82, 2.24) is 10.9 Å². The second-order valence-electron chi connectivity index (χ2n) is 8.98. The SMILES string of the molecule is CC(C)(C)C(CCC(F)(F)C(F)(F)C(F)(F)C(F)(F)C(F)(F)C(F)(F)C(F)(F)C(F)(F)F)OC(=O)NNC(=O)[O-]. The molecule has 0 fully saturated rings. The molecule has 0 aromatic rings. The van der Waals surface area contributed by atoms with Crippen LogP contribution in [0.25, 0.3) is 0 Å². The van der Waals surface area contributed by atoms with Gasteiger partial charge in [0.2, 0.25) is 0 Å². The molecule has 0 saturated carbocycles. The highest BCUT2D eigenvalue weighted by Crippen LogP contribution is 2.64. The zero-order valence-corrected chi connectivity index (χ0v) is 19.5. The minimum absolute atomic E-state index is 0.986. The molecule has 2 N–H and O–H groups in total. The van der Waals surface area contributed by atoms with E-state index in [1.165, 1.54) is 5.43 Å². The van der Waals surface area contributed by atoms with Crippen molar-refractivity contribution < 1.29 is 94.1 Å². The van der Waals surface area contributed by atoms with E-state index in [0.29, 0.717) is 0 Å². The number of carbonyl (C=O) groups excluding carboxylic acids is 2. The highest BCUT2D eigenvalue weighted by Gasteiger charge is 2.95. The number of carbonyl (C=O) groups is 2. The number of hydrazine groups is 1. The Bertz CT molecular complexity index is 928. The molecule has 0 rings (SSSR count). The lowest BCUT2D eigenvalue weighted by atomic mass is 9.83. The van der Waals surface area contributed by atoms with Crippen molar-refractivity contribution in [2.45, 2.75) is 87.4 Å². The summed E-state index contributed by atoms with van der Waals surface area (Å²) in [4.78, 5) is 21.6. The summed E-state index contributed by atoms with van der Waals surface area (Å²) in [6, 6.07) is 0. The lowest BCUT2D eigenvalue weighted by Crippen LogP contribution is -2.74. The number of alkyl halides is 17. The monoisotopic (exact) mass is 635 g/mol. The van der Waals surface area contributed by atoms with Crippen LogP contribution >= 0.6 is 0 Å². The number of rotatable bonds is 10. The molecule has 0 aliphatic rings. The summed E-state index contributed by atoms with van der Waals surface area (Å²) < 4.78 is 231. The van der Waals surface area contributed by atoms with E-state index in [1.54, 1.807) is 0 Å². The van der Waals surface area contributed by atoms with Gasteiger partial charge in [0.1, 0.15) is 6.10 Å². The lowest BCUT2D eigenvalue weighted by Gasteiger charge is -2.43.